The van der Waals surface area contributed by atoms with Crippen molar-refractivity contribution in [3.63, 3.8) is 0 Å². The molecule has 0 aliphatic heterocycles. The van der Waals surface area contributed by atoms with Crippen LogP contribution in [0.3, 0.4) is 0 Å². The van der Waals surface area contributed by atoms with Gasteiger partial charge in [-0.3, -0.25) is 9.20 Å². The summed E-state index contributed by atoms with van der Waals surface area (Å²) in [4.78, 5) is 17.8. The van der Waals surface area contributed by atoms with Gasteiger partial charge in [0, 0.05) is 18.8 Å². The summed E-state index contributed by atoms with van der Waals surface area (Å²) in [7, 11) is 1.91. The SMILES string of the molecule is CNCc1ccccc1[C@@H](C)Oc1cc(-c2cnc3ccccn23)sc1C(N)=O. The summed E-state index contributed by atoms with van der Waals surface area (Å²) in [6.07, 6.45) is 3.50. The van der Waals surface area contributed by atoms with Crippen molar-refractivity contribution in [1.82, 2.24) is 14.7 Å². The van der Waals surface area contributed by atoms with Gasteiger partial charge in [-0.1, -0.05) is 30.3 Å². The van der Waals surface area contributed by atoms with Crippen molar-refractivity contribution in [3.05, 3.63) is 76.9 Å². The van der Waals surface area contributed by atoms with Crippen molar-refractivity contribution in [1.29, 1.82) is 0 Å². The Kier molecular flexibility index (Phi) is 5.33. The Morgan fingerprint density at radius 3 is 2.86 bits per heavy atom. The molecule has 3 N–H and O–H groups in total. The maximum absolute atomic E-state index is 12.1. The quantitative estimate of drug-likeness (QED) is 0.486. The highest BCUT2D eigenvalue weighted by Crippen LogP contribution is 2.38. The fourth-order valence-corrected chi connectivity index (χ4v) is 4.36. The molecule has 0 aliphatic carbocycles. The normalized spacial score (nSPS) is 12.2. The molecule has 0 bridgehead atoms. The van der Waals surface area contributed by atoms with Crippen LogP contribution in [0.2, 0.25) is 0 Å². The summed E-state index contributed by atoms with van der Waals surface area (Å²) in [5, 5.41) is 3.18. The third-order valence-electron chi connectivity index (χ3n) is 4.76. The molecule has 1 amide bonds. The van der Waals surface area contributed by atoms with E-state index in [-0.39, 0.29) is 6.10 Å². The first kappa shape index (κ1) is 19.2. The third kappa shape index (κ3) is 3.74. The summed E-state index contributed by atoms with van der Waals surface area (Å²) >= 11 is 1.32. The van der Waals surface area contributed by atoms with Crippen LogP contribution in [0, 0.1) is 0 Å². The number of fused-ring (bicyclic) bond motifs is 1. The zero-order valence-electron chi connectivity index (χ0n) is 16.3. The number of thiophene rings is 1. The topological polar surface area (TPSA) is 81.7 Å². The molecule has 0 saturated carbocycles. The first-order valence-electron chi connectivity index (χ1n) is 9.33. The van der Waals surface area contributed by atoms with Gasteiger partial charge in [0.25, 0.3) is 5.91 Å². The van der Waals surface area contributed by atoms with Gasteiger partial charge < -0.3 is 15.8 Å². The summed E-state index contributed by atoms with van der Waals surface area (Å²) in [6.45, 7) is 2.72. The largest absolute Gasteiger partial charge is 0.484 e. The van der Waals surface area contributed by atoms with E-state index >= 15 is 0 Å². The minimum absolute atomic E-state index is 0.234. The van der Waals surface area contributed by atoms with Gasteiger partial charge in [0.05, 0.1) is 16.8 Å². The van der Waals surface area contributed by atoms with E-state index in [0.29, 0.717) is 10.6 Å². The van der Waals surface area contributed by atoms with Crippen LogP contribution in [0.25, 0.3) is 16.2 Å². The lowest BCUT2D eigenvalue weighted by Gasteiger charge is -2.18. The minimum atomic E-state index is -0.499. The van der Waals surface area contributed by atoms with Crippen LogP contribution >= 0.6 is 11.3 Å². The lowest BCUT2D eigenvalue weighted by atomic mass is 10.0. The number of imidazole rings is 1. The number of benzene rings is 1. The number of rotatable bonds is 7. The Hall–Kier alpha value is -3.16. The fourth-order valence-electron chi connectivity index (χ4n) is 3.41. The summed E-state index contributed by atoms with van der Waals surface area (Å²) in [6, 6.07) is 15.8. The number of ether oxygens (including phenoxy) is 1. The standard InChI is InChI=1S/C22H22N4O2S/c1-14(16-8-4-3-7-15(16)12-24-2)28-18-11-19(29-21(18)22(23)27)17-13-25-20-9-5-6-10-26(17)20/h3-11,13-14,24H,12H2,1-2H3,(H2,23,27)/t14-/m1/s1. The molecule has 0 saturated heterocycles. The van der Waals surface area contributed by atoms with Crippen molar-refractivity contribution in [3.8, 4) is 16.3 Å². The second-order valence-electron chi connectivity index (χ2n) is 6.73. The number of pyridine rings is 1. The molecule has 29 heavy (non-hydrogen) atoms. The smallest absolute Gasteiger partial charge is 0.262 e. The molecule has 0 radical (unpaired) electrons. The molecule has 0 fully saturated rings. The fraction of sp³-hybridized carbons (Fsp3) is 0.182. The average Bonchev–Trinajstić information content (AvgIpc) is 3.32. The van der Waals surface area contributed by atoms with Crippen LogP contribution in [0.5, 0.6) is 5.75 Å². The molecular weight excluding hydrogens is 384 g/mol. The summed E-state index contributed by atoms with van der Waals surface area (Å²) in [5.41, 5.74) is 9.60. The van der Waals surface area contributed by atoms with Gasteiger partial charge in [0.15, 0.2) is 0 Å². The highest BCUT2D eigenvalue weighted by Gasteiger charge is 2.21. The highest BCUT2D eigenvalue weighted by atomic mass is 32.1. The van der Waals surface area contributed by atoms with Crippen molar-refractivity contribution >= 4 is 22.9 Å². The van der Waals surface area contributed by atoms with Gasteiger partial charge in [-0.05, 0) is 37.2 Å². The van der Waals surface area contributed by atoms with Crippen molar-refractivity contribution in [2.24, 2.45) is 5.73 Å². The predicted molar refractivity (Wildman–Crippen MR) is 115 cm³/mol. The van der Waals surface area contributed by atoms with Crippen LogP contribution in [0.4, 0.5) is 0 Å². The predicted octanol–water partition coefficient (Wildman–Crippen LogP) is 4.02. The van der Waals surface area contributed by atoms with Crippen molar-refractivity contribution < 1.29 is 9.53 Å². The molecule has 0 unspecified atom stereocenters. The van der Waals surface area contributed by atoms with Gasteiger partial charge >= 0.3 is 0 Å². The Labute approximate surface area is 173 Å². The van der Waals surface area contributed by atoms with E-state index in [1.54, 1.807) is 6.20 Å². The van der Waals surface area contributed by atoms with Gasteiger partial charge in [-0.2, -0.15) is 0 Å². The van der Waals surface area contributed by atoms with Crippen molar-refractivity contribution in [2.75, 3.05) is 7.05 Å². The third-order valence-corrected chi connectivity index (χ3v) is 5.91. The maximum Gasteiger partial charge on any atom is 0.262 e. The molecule has 1 atom stereocenters. The molecule has 1 aromatic carbocycles. The zero-order chi connectivity index (χ0) is 20.4. The highest BCUT2D eigenvalue weighted by molar-refractivity contribution is 7.17. The number of nitrogens with zero attached hydrogens (tertiary/aromatic N) is 2. The Morgan fingerprint density at radius 1 is 1.28 bits per heavy atom. The number of carbonyl (C=O) groups excluding carboxylic acids is 1. The van der Waals surface area contributed by atoms with Gasteiger partial charge in [0.1, 0.15) is 22.4 Å². The molecule has 3 aromatic heterocycles. The Morgan fingerprint density at radius 2 is 2.07 bits per heavy atom. The molecule has 7 heteroatoms. The molecular formula is C22H22N4O2S. The summed E-state index contributed by atoms with van der Waals surface area (Å²) < 4.78 is 8.20. The van der Waals surface area contributed by atoms with Crippen LogP contribution < -0.4 is 15.8 Å². The molecule has 3 heterocycles. The van der Waals surface area contributed by atoms with Crippen LogP contribution in [-0.2, 0) is 6.54 Å². The Balaban J connectivity index is 1.70. The van der Waals surface area contributed by atoms with E-state index in [0.717, 1.165) is 33.9 Å². The molecule has 0 aliphatic rings. The maximum atomic E-state index is 12.1. The number of nitrogens with one attached hydrogen (secondary N) is 1. The van der Waals surface area contributed by atoms with E-state index in [4.69, 9.17) is 10.5 Å². The average molecular weight is 407 g/mol. The van der Waals surface area contributed by atoms with E-state index in [1.165, 1.54) is 11.3 Å². The lowest BCUT2D eigenvalue weighted by Crippen LogP contribution is -2.14. The Bertz CT molecular complexity index is 1160. The monoisotopic (exact) mass is 406 g/mol. The first-order chi connectivity index (χ1) is 14.1. The number of nitrogens with two attached hydrogens (primary N) is 1. The molecule has 0 spiro atoms. The summed E-state index contributed by atoms with van der Waals surface area (Å²) in [5.74, 6) is -0.00378. The lowest BCUT2D eigenvalue weighted by molar-refractivity contribution is 0.0998. The van der Waals surface area contributed by atoms with E-state index in [2.05, 4.69) is 16.4 Å². The number of aromatic nitrogens is 2. The first-order valence-corrected chi connectivity index (χ1v) is 10.1. The van der Waals surface area contributed by atoms with E-state index in [9.17, 15) is 4.79 Å². The molecule has 148 valence electrons. The second kappa shape index (κ2) is 8.06. The van der Waals surface area contributed by atoms with E-state index in [1.807, 2.05) is 67.0 Å². The van der Waals surface area contributed by atoms with Gasteiger partial charge in [0.2, 0.25) is 0 Å². The molecule has 6 nitrogen and oxygen atoms in total. The minimum Gasteiger partial charge on any atom is -0.484 e. The number of primary amides is 1. The molecule has 4 rings (SSSR count). The number of hydrogen-bond acceptors (Lipinski definition) is 5. The van der Waals surface area contributed by atoms with Gasteiger partial charge in [-0.25, -0.2) is 4.98 Å². The van der Waals surface area contributed by atoms with E-state index < -0.39 is 5.91 Å². The van der Waals surface area contributed by atoms with Crippen molar-refractivity contribution in [2.45, 2.75) is 19.6 Å². The van der Waals surface area contributed by atoms with Gasteiger partial charge in [-0.15, -0.1) is 11.3 Å². The number of amides is 1. The zero-order valence-corrected chi connectivity index (χ0v) is 17.1. The number of hydrogen-bond donors (Lipinski definition) is 2. The number of carbonyl (C=O) groups is 1. The second-order valence-corrected chi connectivity index (χ2v) is 7.78. The van der Waals surface area contributed by atoms with Crippen LogP contribution in [-0.4, -0.2) is 22.3 Å². The van der Waals surface area contributed by atoms with Crippen LogP contribution in [0.15, 0.2) is 60.9 Å². The van der Waals surface area contributed by atoms with Crippen LogP contribution in [0.1, 0.15) is 33.8 Å². The molecule has 4 aromatic rings.